The minimum atomic E-state index is -5.82. The maximum Gasteiger partial charge on any atom is 0.371 e. The van der Waals surface area contributed by atoms with Crippen molar-refractivity contribution in [1.29, 1.82) is 0 Å². The van der Waals surface area contributed by atoms with Crippen molar-refractivity contribution in [1.82, 2.24) is 4.72 Å². The van der Waals surface area contributed by atoms with Crippen molar-refractivity contribution in [2.75, 3.05) is 5.73 Å². The Balaban J connectivity index is 3.38. The first-order chi connectivity index (χ1) is 10.7. The summed E-state index contributed by atoms with van der Waals surface area (Å²) in [7, 11) is -16.1. The van der Waals surface area contributed by atoms with Crippen LogP contribution in [0.1, 0.15) is 13.3 Å². The van der Waals surface area contributed by atoms with E-state index in [1.165, 1.54) is 19.1 Å². The largest absolute Gasteiger partial charge is 0.399 e. The lowest BCUT2D eigenvalue weighted by Crippen LogP contribution is -2.51. The van der Waals surface area contributed by atoms with Crippen LogP contribution in [0.4, 0.5) is 5.69 Å². The highest BCUT2D eigenvalue weighted by Crippen LogP contribution is 2.69. The van der Waals surface area contributed by atoms with Crippen molar-refractivity contribution >= 4 is 30.9 Å². The molecule has 0 aliphatic heterocycles. The molecule has 0 bridgehead atoms. The van der Waals surface area contributed by atoms with Crippen molar-refractivity contribution < 1.29 is 42.2 Å². The molecular weight excluding hydrogens is 386 g/mol. The average molecular weight is 404 g/mol. The zero-order chi connectivity index (χ0) is 19.0. The number of anilines is 1. The summed E-state index contributed by atoms with van der Waals surface area (Å²) in [6, 6.07) is 2.50. The lowest BCUT2D eigenvalue weighted by Gasteiger charge is -2.35. The summed E-state index contributed by atoms with van der Waals surface area (Å²) in [5, 5.41) is 6.12. The molecule has 1 aromatic carbocycles. The number of benzene rings is 1. The Morgan fingerprint density at radius 1 is 1.12 bits per heavy atom. The molecule has 1 atom stereocenters. The van der Waals surface area contributed by atoms with Crippen LogP contribution in [-0.2, 0) is 19.2 Å². The SMILES string of the molecule is CCC(NS(=O)(=O)c1ccc(N)cc1)C(O)(P(=O)(O)O)P(=O)(O)O. The van der Waals surface area contributed by atoms with E-state index in [1.54, 1.807) is 4.72 Å². The van der Waals surface area contributed by atoms with Crippen LogP contribution in [0.5, 0.6) is 0 Å². The summed E-state index contributed by atoms with van der Waals surface area (Å²) in [5.41, 5.74) is 5.67. The normalized spacial score (nSPS) is 15.2. The van der Waals surface area contributed by atoms with Gasteiger partial charge in [0, 0.05) is 5.69 Å². The number of rotatable bonds is 7. The van der Waals surface area contributed by atoms with Crippen LogP contribution in [0.15, 0.2) is 29.2 Å². The summed E-state index contributed by atoms with van der Waals surface area (Å²) < 4.78 is 49.2. The molecule has 1 rings (SSSR count). The summed E-state index contributed by atoms with van der Waals surface area (Å²) >= 11 is 0. The van der Waals surface area contributed by atoms with Gasteiger partial charge < -0.3 is 30.4 Å². The van der Waals surface area contributed by atoms with Crippen molar-refractivity contribution in [2.24, 2.45) is 0 Å². The fourth-order valence-electron chi connectivity index (χ4n) is 1.91. The lowest BCUT2D eigenvalue weighted by atomic mass is 10.2. The van der Waals surface area contributed by atoms with Crippen LogP contribution in [0.25, 0.3) is 0 Å². The Kier molecular flexibility index (Phi) is 6.04. The van der Waals surface area contributed by atoms with Gasteiger partial charge in [-0.2, -0.15) is 0 Å². The molecule has 0 fully saturated rings. The van der Waals surface area contributed by atoms with Gasteiger partial charge >= 0.3 is 15.2 Å². The van der Waals surface area contributed by atoms with Crippen LogP contribution in [0.3, 0.4) is 0 Å². The van der Waals surface area contributed by atoms with Gasteiger partial charge in [0.2, 0.25) is 10.0 Å². The van der Waals surface area contributed by atoms with E-state index in [-0.39, 0.29) is 10.6 Å². The molecule has 0 aromatic heterocycles. The van der Waals surface area contributed by atoms with Gasteiger partial charge in [-0.3, -0.25) is 9.13 Å². The smallest absolute Gasteiger partial charge is 0.371 e. The molecule has 8 N–H and O–H groups in total. The van der Waals surface area contributed by atoms with Gasteiger partial charge in [0.05, 0.1) is 10.9 Å². The first kappa shape index (κ1) is 21.2. The van der Waals surface area contributed by atoms with E-state index < -0.39 is 42.8 Å². The lowest BCUT2D eigenvalue weighted by molar-refractivity contribution is 0.101. The summed E-state index contributed by atoms with van der Waals surface area (Å²) in [5.74, 6) is 0. The molecule has 138 valence electrons. The molecule has 0 saturated heterocycles. The van der Waals surface area contributed by atoms with Crippen LogP contribution in [0, 0.1) is 0 Å². The fraction of sp³-hybridized carbons (Fsp3) is 0.400. The Hall–Kier alpha value is -0.810. The highest BCUT2D eigenvalue weighted by atomic mass is 32.2. The monoisotopic (exact) mass is 404 g/mol. The van der Waals surface area contributed by atoms with Gasteiger partial charge in [-0.15, -0.1) is 0 Å². The number of nitrogens with two attached hydrogens (primary N) is 1. The Labute approximate surface area is 137 Å². The third-order valence-electron chi connectivity index (χ3n) is 3.22. The van der Waals surface area contributed by atoms with E-state index in [0.29, 0.717) is 0 Å². The predicted molar refractivity (Wildman–Crippen MR) is 84.3 cm³/mol. The van der Waals surface area contributed by atoms with Gasteiger partial charge in [-0.25, -0.2) is 13.1 Å². The molecule has 0 amide bonds. The molecule has 0 aliphatic carbocycles. The zero-order valence-electron chi connectivity index (χ0n) is 12.3. The molecular formula is C10H18N2O9P2S. The first-order valence-corrected chi connectivity index (χ1v) is 11.1. The third-order valence-corrected chi connectivity index (χ3v) is 8.61. The van der Waals surface area contributed by atoms with Crippen LogP contribution >= 0.6 is 15.2 Å². The topological polar surface area (TPSA) is 207 Å². The number of nitrogen functional groups attached to an aromatic ring is 1. The second-order valence-electron chi connectivity index (χ2n) is 4.93. The number of sulfonamides is 1. The minimum absolute atomic E-state index is 0.253. The van der Waals surface area contributed by atoms with E-state index in [4.69, 9.17) is 5.73 Å². The summed E-state index contributed by atoms with van der Waals surface area (Å²) in [6.45, 7) is 1.19. The van der Waals surface area contributed by atoms with Crippen LogP contribution in [0.2, 0.25) is 0 Å². The zero-order valence-corrected chi connectivity index (χ0v) is 14.9. The van der Waals surface area contributed by atoms with E-state index >= 15 is 0 Å². The van der Waals surface area contributed by atoms with Crippen LogP contribution in [-0.4, -0.2) is 44.2 Å². The fourth-order valence-corrected chi connectivity index (χ4v) is 6.10. The van der Waals surface area contributed by atoms with Gasteiger partial charge in [0.15, 0.2) is 0 Å². The molecule has 24 heavy (non-hydrogen) atoms. The van der Waals surface area contributed by atoms with Gasteiger partial charge in [-0.1, -0.05) is 6.92 Å². The second kappa shape index (κ2) is 6.83. The molecule has 14 heteroatoms. The van der Waals surface area contributed by atoms with Gasteiger partial charge in [-0.05, 0) is 30.7 Å². The number of hydrogen-bond acceptors (Lipinski definition) is 6. The van der Waals surface area contributed by atoms with Crippen molar-refractivity contribution in [3.63, 3.8) is 0 Å². The predicted octanol–water partition coefficient (Wildman–Crippen LogP) is -0.673. The average Bonchev–Trinajstić information content (AvgIpc) is 2.42. The Bertz CT molecular complexity index is 761. The molecule has 11 nitrogen and oxygen atoms in total. The maximum absolute atomic E-state index is 12.2. The van der Waals surface area contributed by atoms with Crippen molar-refractivity contribution in [2.45, 2.75) is 29.4 Å². The number of nitrogens with one attached hydrogen (secondary N) is 1. The summed E-state index contributed by atoms with van der Waals surface area (Å²) in [4.78, 5) is 36.4. The van der Waals surface area contributed by atoms with Gasteiger partial charge in [0.1, 0.15) is 0 Å². The second-order valence-corrected chi connectivity index (χ2v) is 10.5. The molecule has 0 spiro atoms. The highest BCUT2D eigenvalue weighted by molar-refractivity contribution is 7.89. The molecule has 1 unspecified atom stereocenters. The molecule has 1 aromatic rings. The third kappa shape index (κ3) is 4.05. The molecule has 0 heterocycles. The van der Waals surface area contributed by atoms with E-state index in [2.05, 4.69) is 0 Å². The summed E-state index contributed by atoms with van der Waals surface area (Å²) in [6.07, 6.45) is -0.513. The highest BCUT2D eigenvalue weighted by Gasteiger charge is 2.64. The van der Waals surface area contributed by atoms with E-state index in [1.807, 2.05) is 0 Å². The Morgan fingerprint density at radius 3 is 1.88 bits per heavy atom. The molecule has 0 aliphatic rings. The number of aliphatic hydroxyl groups is 1. The minimum Gasteiger partial charge on any atom is -0.399 e. The number of hydrogen-bond donors (Lipinski definition) is 7. The van der Waals surface area contributed by atoms with E-state index in [0.717, 1.165) is 12.1 Å². The first-order valence-electron chi connectivity index (χ1n) is 6.38. The standard InChI is InChI=1S/C10H18N2O9P2S/c1-2-9(10(13,22(14,15)16)23(17,18)19)12-24(20,21)8-5-3-7(11)4-6-8/h3-6,9,12-13H,2,11H2,1H3,(H2,14,15,16)(H2,17,18,19). The van der Waals surface area contributed by atoms with Crippen molar-refractivity contribution in [3.8, 4) is 0 Å². The quantitative estimate of drug-likeness (QED) is 0.225. The molecule has 0 radical (unpaired) electrons. The maximum atomic E-state index is 12.2. The van der Waals surface area contributed by atoms with E-state index in [9.17, 15) is 42.2 Å². The van der Waals surface area contributed by atoms with Gasteiger partial charge in [0.25, 0.3) is 5.08 Å². The molecule has 0 saturated carbocycles. The van der Waals surface area contributed by atoms with Crippen LogP contribution < -0.4 is 10.5 Å². The Morgan fingerprint density at radius 2 is 1.54 bits per heavy atom. The van der Waals surface area contributed by atoms with Crippen molar-refractivity contribution in [3.05, 3.63) is 24.3 Å².